The van der Waals surface area contributed by atoms with Gasteiger partial charge in [-0.15, -0.1) is 0 Å². The number of hydrogen-bond donors (Lipinski definition) is 4. The average Bonchev–Trinajstić information content (AvgIpc) is 3.07. The van der Waals surface area contributed by atoms with Gasteiger partial charge >= 0.3 is 12.4 Å². The molecule has 0 saturated heterocycles. The molecule has 4 aromatic rings. The van der Waals surface area contributed by atoms with E-state index in [1.54, 1.807) is 0 Å². The lowest BCUT2D eigenvalue weighted by Gasteiger charge is -2.37. The molecule has 37 heavy (non-hydrogen) atoms. The normalized spacial score (nSPS) is 14.3. The van der Waals surface area contributed by atoms with E-state index >= 15 is 0 Å². The first-order valence-electron chi connectivity index (χ1n) is 10.7. The zero-order valence-electron chi connectivity index (χ0n) is 18.5. The number of alkyl halides is 6. The minimum atomic E-state index is -5.12. The lowest BCUT2D eigenvalue weighted by atomic mass is 9.65. The number of aromatic hydroxyl groups is 4. The van der Waals surface area contributed by atoms with Crippen LogP contribution in [-0.2, 0) is 17.8 Å². The van der Waals surface area contributed by atoms with E-state index in [-0.39, 0.29) is 22.3 Å². The first-order valence-corrected chi connectivity index (χ1v) is 10.7. The monoisotopic (exact) mass is 518 g/mol. The second kappa shape index (κ2) is 7.83. The molecule has 4 N–H and O–H groups in total. The number of fused-ring (bicyclic) bond motifs is 3. The van der Waals surface area contributed by atoms with Crippen LogP contribution in [0.3, 0.4) is 0 Å². The van der Waals surface area contributed by atoms with E-state index in [9.17, 15) is 46.8 Å². The standard InChI is InChI=1S/C27H16F6O4/c28-26(29,30)23-11-15(36)3-7-19(23)25(20-8-4-16(37)12-24(20)27(31,32)33)21-9-13(34)1-5-17(21)18-6-2-14(35)10-22(18)25/h1-12,34-37H. The van der Waals surface area contributed by atoms with Crippen LogP contribution >= 0.6 is 0 Å². The Kier molecular flexibility index (Phi) is 5.15. The number of phenols is 4. The fourth-order valence-corrected chi connectivity index (χ4v) is 5.21. The molecule has 0 saturated carbocycles. The van der Waals surface area contributed by atoms with Crippen LogP contribution in [0, 0.1) is 0 Å². The summed E-state index contributed by atoms with van der Waals surface area (Å²) in [6.45, 7) is 0. The smallest absolute Gasteiger partial charge is 0.416 e. The molecule has 0 radical (unpaired) electrons. The second-order valence-electron chi connectivity index (χ2n) is 8.67. The third-order valence-electron chi connectivity index (χ3n) is 6.53. The van der Waals surface area contributed by atoms with Gasteiger partial charge in [0.25, 0.3) is 0 Å². The topological polar surface area (TPSA) is 80.9 Å². The molecule has 0 fully saturated rings. The van der Waals surface area contributed by atoms with E-state index in [1.165, 1.54) is 24.3 Å². The highest BCUT2D eigenvalue weighted by atomic mass is 19.4. The summed E-state index contributed by atoms with van der Waals surface area (Å²) in [6, 6.07) is 11.8. The van der Waals surface area contributed by atoms with Crippen LogP contribution in [0.15, 0.2) is 72.8 Å². The van der Waals surface area contributed by atoms with Gasteiger partial charge in [0.1, 0.15) is 23.0 Å². The summed E-state index contributed by atoms with van der Waals surface area (Å²) in [4.78, 5) is 0. The van der Waals surface area contributed by atoms with Gasteiger partial charge in [-0.05, 0) is 81.9 Å². The van der Waals surface area contributed by atoms with E-state index in [1.807, 2.05) is 0 Å². The Hall–Kier alpha value is -4.34. The maximum Gasteiger partial charge on any atom is 0.416 e. The Morgan fingerprint density at radius 3 is 1.11 bits per heavy atom. The lowest BCUT2D eigenvalue weighted by Crippen LogP contribution is -2.34. The highest BCUT2D eigenvalue weighted by Gasteiger charge is 2.53. The number of rotatable bonds is 2. The maximum absolute atomic E-state index is 14.4. The fourth-order valence-electron chi connectivity index (χ4n) is 5.21. The van der Waals surface area contributed by atoms with Gasteiger partial charge in [-0.1, -0.05) is 24.3 Å². The molecule has 0 atom stereocenters. The van der Waals surface area contributed by atoms with E-state index in [0.717, 1.165) is 36.4 Å². The first-order chi connectivity index (χ1) is 17.2. The maximum atomic E-state index is 14.4. The summed E-state index contributed by atoms with van der Waals surface area (Å²) >= 11 is 0. The first kappa shape index (κ1) is 24.4. The lowest BCUT2D eigenvalue weighted by molar-refractivity contribution is -0.138. The van der Waals surface area contributed by atoms with E-state index in [4.69, 9.17) is 0 Å². The van der Waals surface area contributed by atoms with Crippen molar-refractivity contribution in [1.82, 2.24) is 0 Å². The van der Waals surface area contributed by atoms with Crippen LogP contribution in [0.5, 0.6) is 23.0 Å². The van der Waals surface area contributed by atoms with Crippen molar-refractivity contribution in [3.8, 4) is 34.1 Å². The van der Waals surface area contributed by atoms with Crippen molar-refractivity contribution in [2.75, 3.05) is 0 Å². The van der Waals surface area contributed by atoms with Crippen LogP contribution in [0.4, 0.5) is 26.3 Å². The van der Waals surface area contributed by atoms with Crippen LogP contribution in [0.1, 0.15) is 33.4 Å². The Labute approximate surface area is 205 Å². The zero-order chi connectivity index (χ0) is 26.9. The highest BCUT2D eigenvalue weighted by molar-refractivity contribution is 5.88. The molecule has 0 amide bonds. The molecule has 5 rings (SSSR count). The predicted molar refractivity (Wildman–Crippen MR) is 120 cm³/mol. The summed E-state index contributed by atoms with van der Waals surface area (Å²) < 4.78 is 86.4. The molecule has 0 unspecified atom stereocenters. The molecular weight excluding hydrogens is 502 g/mol. The van der Waals surface area contributed by atoms with Crippen LogP contribution in [0.25, 0.3) is 11.1 Å². The molecular formula is C27H16F6O4. The van der Waals surface area contributed by atoms with Crippen molar-refractivity contribution < 1.29 is 46.8 Å². The summed E-state index contributed by atoms with van der Waals surface area (Å²) in [5.41, 5.74) is -6.32. The molecule has 0 aliphatic heterocycles. The Balaban J connectivity index is 2.09. The van der Waals surface area contributed by atoms with Crippen LogP contribution < -0.4 is 0 Å². The molecule has 4 nitrogen and oxygen atoms in total. The number of phenolic OH excluding ortho intramolecular Hbond substituents is 4. The van der Waals surface area contributed by atoms with Gasteiger partial charge in [0.2, 0.25) is 0 Å². The molecule has 4 aromatic carbocycles. The molecule has 0 spiro atoms. The average molecular weight is 518 g/mol. The Bertz CT molecular complexity index is 1440. The molecule has 0 bridgehead atoms. The largest absolute Gasteiger partial charge is 0.508 e. The van der Waals surface area contributed by atoms with Crippen LogP contribution in [-0.4, -0.2) is 20.4 Å². The number of benzene rings is 4. The van der Waals surface area contributed by atoms with Gasteiger partial charge in [0, 0.05) is 0 Å². The van der Waals surface area contributed by atoms with Crippen molar-refractivity contribution in [2.24, 2.45) is 0 Å². The molecule has 190 valence electrons. The summed E-state index contributed by atoms with van der Waals surface area (Å²) in [7, 11) is 0. The van der Waals surface area contributed by atoms with E-state index in [0.29, 0.717) is 12.1 Å². The van der Waals surface area contributed by atoms with E-state index < -0.39 is 63.0 Å². The summed E-state index contributed by atoms with van der Waals surface area (Å²) in [5.74, 6) is -2.36. The fraction of sp³-hybridized carbons (Fsp3) is 0.111. The molecule has 10 heteroatoms. The third kappa shape index (κ3) is 3.62. The van der Waals surface area contributed by atoms with Gasteiger partial charge in [-0.3, -0.25) is 0 Å². The minimum absolute atomic E-state index is 0.111. The van der Waals surface area contributed by atoms with Crippen LogP contribution in [0.2, 0.25) is 0 Å². The second-order valence-corrected chi connectivity index (χ2v) is 8.67. The Morgan fingerprint density at radius 1 is 0.432 bits per heavy atom. The van der Waals surface area contributed by atoms with Crippen molar-refractivity contribution in [3.05, 3.63) is 106 Å². The van der Waals surface area contributed by atoms with Crippen molar-refractivity contribution >= 4 is 0 Å². The highest BCUT2D eigenvalue weighted by Crippen LogP contribution is 2.61. The Morgan fingerprint density at radius 2 is 0.757 bits per heavy atom. The molecule has 0 aromatic heterocycles. The number of hydrogen-bond acceptors (Lipinski definition) is 4. The van der Waals surface area contributed by atoms with Crippen molar-refractivity contribution in [1.29, 1.82) is 0 Å². The van der Waals surface area contributed by atoms with Crippen molar-refractivity contribution in [3.63, 3.8) is 0 Å². The van der Waals surface area contributed by atoms with Gasteiger partial charge in [-0.2, -0.15) is 26.3 Å². The van der Waals surface area contributed by atoms with Gasteiger partial charge < -0.3 is 20.4 Å². The van der Waals surface area contributed by atoms with Gasteiger partial charge in [0.05, 0.1) is 16.5 Å². The molecule has 1 aliphatic carbocycles. The summed E-state index contributed by atoms with van der Waals surface area (Å²) in [6.07, 6.45) is -10.2. The molecule has 0 heterocycles. The predicted octanol–water partition coefficient (Wildman–Crippen LogP) is 6.91. The van der Waals surface area contributed by atoms with Gasteiger partial charge in [0.15, 0.2) is 0 Å². The number of halogens is 6. The van der Waals surface area contributed by atoms with Crippen molar-refractivity contribution in [2.45, 2.75) is 17.8 Å². The third-order valence-corrected chi connectivity index (χ3v) is 6.53. The molecule has 1 aliphatic rings. The zero-order valence-corrected chi connectivity index (χ0v) is 18.5. The van der Waals surface area contributed by atoms with E-state index in [2.05, 4.69) is 0 Å². The minimum Gasteiger partial charge on any atom is -0.508 e. The summed E-state index contributed by atoms with van der Waals surface area (Å²) in [5, 5.41) is 40.5. The van der Waals surface area contributed by atoms with Gasteiger partial charge in [-0.25, -0.2) is 0 Å². The quantitative estimate of drug-likeness (QED) is 0.192. The SMILES string of the molecule is Oc1ccc(C2(c3ccc(O)cc3C(F)(F)F)c3cc(O)ccc3-c3ccc(O)cc32)c(C(F)(F)F)c1.